The molecule has 146 valence electrons. The molecule has 2 N–H and O–H groups in total. The molecule has 0 bridgehead atoms. The molecule has 2 unspecified atom stereocenters. The van der Waals surface area contributed by atoms with Gasteiger partial charge in [-0.05, 0) is 37.8 Å². The van der Waals surface area contributed by atoms with Gasteiger partial charge in [-0.1, -0.05) is 26.7 Å². The first-order valence-electron chi connectivity index (χ1n) is 9.01. The molecule has 8 heteroatoms. The van der Waals surface area contributed by atoms with Gasteiger partial charge in [0, 0.05) is 6.04 Å². The second-order valence-corrected chi connectivity index (χ2v) is 6.71. The van der Waals surface area contributed by atoms with Crippen molar-refractivity contribution in [1.82, 2.24) is 10.3 Å². The molecule has 2 heterocycles. The Labute approximate surface area is 150 Å². The predicted molar refractivity (Wildman–Crippen MR) is 91.0 cm³/mol. The Morgan fingerprint density at radius 1 is 1.19 bits per heavy atom. The van der Waals surface area contributed by atoms with Crippen LogP contribution in [0.5, 0.6) is 0 Å². The minimum Gasteiger partial charge on any atom is -0.375 e. The molecule has 0 aromatic carbocycles. The normalized spacial score (nSPS) is 23.7. The third-order valence-corrected chi connectivity index (χ3v) is 4.50. The maximum atomic E-state index is 12.6. The van der Waals surface area contributed by atoms with Gasteiger partial charge in [0.15, 0.2) is 0 Å². The smallest absolute Gasteiger partial charge is 0.375 e. The monoisotopic (exact) mass is 374 g/mol. The van der Waals surface area contributed by atoms with Gasteiger partial charge in [-0.3, -0.25) is 9.59 Å². The Morgan fingerprint density at radius 2 is 1.77 bits per heavy atom. The van der Waals surface area contributed by atoms with Crippen molar-refractivity contribution in [3.8, 4) is 0 Å². The lowest BCUT2D eigenvalue weighted by molar-refractivity contribution is -0.141. The zero-order chi connectivity index (χ0) is 19.3. The van der Waals surface area contributed by atoms with Crippen LogP contribution in [0.2, 0.25) is 0 Å². The summed E-state index contributed by atoms with van der Waals surface area (Å²) < 4.78 is 43.9. The maximum absolute atomic E-state index is 12.6. The van der Waals surface area contributed by atoms with Crippen LogP contribution in [0.1, 0.15) is 68.4 Å². The van der Waals surface area contributed by atoms with E-state index < -0.39 is 23.3 Å². The van der Waals surface area contributed by atoms with Crippen LogP contribution in [-0.4, -0.2) is 29.1 Å². The molecule has 0 radical (unpaired) electrons. The number of amides is 1. The van der Waals surface area contributed by atoms with E-state index in [1.165, 1.54) is 0 Å². The highest BCUT2D eigenvalue weighted by molar-refractivity contribution is 5.94. The second-order valence-electron chi connectivity index (χ2n) is 6.71. The Bertz CT molecular complexity index is 658. The minimum atomic E-state index is -4.66. The maximum Gasteiger partial charge on any atom is 0.431 e. The number of aromatic nitrogens is 1. The van der Waals surface area contributed by atoms with E-state index in [-0.39, 0.29) is 23.8 Å². The van der Waals surface area contributed by atoms with Gasteiger partial charge >= 0.3 is 6.18 Å². The highest BCUT2D eigenvalue weighted by Crippen LogP contribution is 2.27. The molecule has 1 aliphatic rings. The van der Waals surface area contributed by atoms with Crippen LogP contribution in [0, 0.1) is 0 Å². The lowest BCUT2D eigenvalue weighted by Crippen LogP contribution is -2.46. The number of nitrogens with one attached hydrogen (secondary N) is 2. The minimum absolute atomic E-state index is 0.0430. The van der Waals surface area contributed by atoms with E-state index in [0.717, 1.165) is 31.7 Å². The number of halogens is 3. The van der Waals surface area contributed by atoms with Gasteiger partial charge in [0.2, 0.25) is 0 Å². The molecule has 1 aromatic heterocycles. The molecule has 5 nitrogen and oxygen atoms in total. The number of H-pyrrole nitrogens is 1. The molecule has 1 fully saturated rings. The van der Waals surface area contributed by atoms with E-state index in [1.807, 2.05) is 0 Å². The van der Waals surface area contributed by atoms with Gasteiger partial charge < -0.3 is 15.0 Å². The van der Waals surface area contributed by atoms with E-state index in [2.05, 4.69) is 19.2 Å². The number of aromatic amines is 1. The van der Waals surface area contributed by atoms with E-state index >= 15 is 0 Å². The van der Waals surface area contributed by atoms with E-state index in [0.29, 0.717) is 18.9 Å². The summed E-state index contributed by atoms with van der Waals surface area (Å²) in [5.41, 5.74) is -2.53. The highest BCUT2D eigenvalue weighted by Gasteiger charge is 2.33. The fraction of sp³-hybridized carbons (Fsp3) is 0.667. The molecule has 26 heavy (non-hydrogen) atoms. The van der Waals surface area contributed by atoms with Gasteiger partial charge in [-0.15, -0.1) is 0 Å². The number of carbonyl (C=O) groups is 1. The summed E-state index contributed by atoms with van der Waals surface area (Å²) in [4.78, 5) is 26.0. The van der Waals surface area contributed by atoms with Gasteiger partial charge in [0.05, 0.1) is 12.2 Å². The second kappa shape index (κ2) is 8.70. The Hall–Kier alpha value is -1.83. The SMILES string of the molecule is CCCC1CC(NC(=O)c2ccc(C(F)(F)F)[nH]c2=O)CC(CCC)O1. The van der Waals surface area contributed by atoms with Gasteiger partial charge in [-0.25, -0.2) is 0 Å². The largest absolute Gasteiger partial charge is 0.431 e. The molecule has 0 saturated carbocycles. The number of hydrogen-bond donors (Lipinski definition) is 2. The van der Waals surface area contributed by atoms with Crippen LogP contribution in [0.25, 0.3) is 0 Å². The fourth-order valence-corrected chi connectivity index (χ4v) is 3.33. The van der Waals surface area contributed by atoms with Gasteiger partial charge in [0.1, 0.15) is 11.3 Å². The van der Waals surface area contributed by atoms with Gasteiger partial charge in [0.25, 0.3) is 11.5 Å². The predicted octanol–water partition coefficient (Wildman–Crippen LogP) is 3.64. The van der Waals surface area contributed by atoms with E-state index in [1.54, 1.807) is 4.98 Å². The van der Waals surface area contributed by atoms with Crippen molar-refractivity contribution in [3.63, 3.8) is 0 Å². The first-order chi connectivity index (χ1) is 12.2. The summed E-state index contributed by atoms with van der Waals surface area (Å²) in [5.74, 6) is -0.655. The average molecular weight is 374 g/mol. The lowest BCUT2D eigenvalue weighted by atomic mass is 9.94. The number of rotatable bonds is 6. The molecule has 1 aromatic rings. The molecule has 2 atom stereocenters. The zero-order valence-electron chi connectivity index (χ0n) is 15.0. The fourth-order valence-electron chi connectivity index (χ4n) is 3.33. The van der Waals surface area contributed by atoms with Crippen molar-refractivity contribution in [1.29, 1.82) is 0 Å². The standard InChI is InChI=1S/C18H25F3N2O3/c1-3-5-12-9-11(10-13(26-12)6-4-2)22-16(24)14-7-8-15(18(19,20)21)23-17(14)25/h7-8,11-13H,3-6,9-10H2,1-2H3,(H,22,24)(H,23,25). The van der Waals surface area contributed by atoms with Crippen molar-refractivity contribution in [3.05, 3.63) is 33.7 Å². The molecule has 0 spiro atoms. The molecule has 2 rings (SSSR count). The number of carbonyl (C=O) groups excluding carboxylic acids is 1. The number of pyridine rings is 1. The molecule has 1 saturated heterocycles. The Morgan fingerprint density at radius 3 is 2.23 bits per heavy atom. The third kappa shape index (κ3) is 5.33. The summed E-state index contributed by atoms with van der Waals surface area (Å²) in [6.07, 6.45) is 0.390. The first-order valence-corrected chi connectivity index (χ1v) is 9.01. The molecular weight excluding hydrogens is 349 g/mol. The Kier molecular flexibility index (Phi) is 6.86. The number of hydrogen-bond acceptors (Lipinski definition) is 3. The number of ether oxygens (including phenoxy) is 1. The van der Waals surface area contributed by atoms with E-state index in [9.17, 15) is 22.8 Å². The van der Waals surface area contributed by atoms with Crippen LogP contribution >= 0.6 is 0 Å². The quantitative estimate of drug-likeness (QED) is 0.799. The topological polar surface area (TPSA) is 71.2 Å². The van der Waals surface area contributed by atoms with Crippen molar-refractivity contribution in [2.75, 3.05) is 0 Å². The molecular formula is C18H25F3N2O3. The van der Waals surface area contributed by atoms with Crippen molar-refractivity contribution < 1.29 is 22.7 Å². The third-order valence-electron chi connectivity index (χ3n) is 4.50. The molecule has 1 aliphatic heterocycles. The first kappa shape index (κ1) is 20.5. The average Bonchev–Trinajstić information content (AvgIpc) is 2.54. The van der Waals surface area contributed by atoms with Crippen LogP contribution in [0.4, 0.5) is 13.2 Å². The zero-order valence-corrected chi connectivity index (χ0v) is 15.0. The summed E-state index contributed by atoms with van der Waals surface area (Å²) in [6, 6.07) is 1.47. The van der Waals surface area contributed by atoms with E-state index in [4.69, 9.17) is 4.74 Å². The molecule has 0 aliphatic carbocycles. The summed E-state index contributed by atoms with van der Waals surface area (Å²) >= 11 is 0. The number of alkyl halides is 3. The van der Waals surface area contributed by atoms with Crippen LogP contribution in [0.15, 0.2) is 16.9 Å². The highest BCUT2D eigenvalue weighted by atomic mass is 19.4. The van der Waals surface area contributed by atoms with Crippen LogP contribution < -0.4 is 10.9 Å². The summed E-state index contributed by atoms with van der Waals surface area (Å²) in [5, 5.41) is 2.79. The summed E-state index contributed by atoms with van der Waals surface area (Å²) in [6.45, 7) is 4.12. The van der Waals surface area contributed by atoms with Gasteiger partial charge in [-0.2, -0.15) is 13.2 Å². The summed E-state index contributed by atoms with van der Waals surface area (Å²) in [7, 11) is 0. The lowest BCUT2D eigenvalue weighted by Gasteiger charge is -2.36. The van der Waals surface area contributed by atoms with Crippen molar-refractivity contribution in [2.45, 2.75) is 76.8 Å². The molecule has 1 amide bonds. The Balaban J connectivity index is 2.09. The van der Waals surface area contributed by atoms with Crippen molar-refractivity contribution >= 4 is 5.91 Å². The van der Waals surface area contributed by atoms with Crippen LogP contribution in [-0.2, 0) is 10.9 Å². The van der Waals surface area contributed by atoms with Crippen molar-refractivity contribution in [2.24, 2.45) is 0 Å². The van der Waals surface area contributed by atoms with Crippen LogP contribution in [0.3, 0.4) is 0 Å².